The average molecular weight is 328 g/mol. The lowest BCUT2D eigenvalue weighted by molar-refractivity contribution is 0.213. The van der Waals surface area contributed by atoms with E-state index in [4.69, 9.17) is 11.6 Å². The minimum absolute atomic E-state index is 0.694. The summed E-state index contributed by atoms with van der Waals surface area (Å²) >= 11 is 6.05. The largest absolute Gasteiger partial charge is 0.306 e. The zero-order valence-electron chi connectivity index (χ0n) is 16.1. The predicted octanol–water partition coefficient (Wildman–Crippen LogP) is 7.01. The van der Waals surface area contributed by atoms with Crippen LogP contribution in [-0.2, 0) is 0 Å². The summed E-state index contributed by atoms with van der Waals surface area (Å²) in [6.45, 7) is 12.0. The Labute approximate surface area is 145 Å². The molecule has 1 aromatic rings. The van der Waals surface area contributed by atoms with E-state index in [-0.39, 0.29) is 0 Å². The SMILES string of the molecule is CC.CC.CC.CN(C)C1CCCC(c2cccc(Cl)c2)C1. The van der Waals surface area contributed by atoms with Crippen molar-refractivity contribution in [3.05, 3.63) is 34.9 Å². The smallest absolute Gasteiger partial charge is 0.0408 e. The van der Waals surface area contributed by atoms with Crippen molar-refractivity contribution in [2.75, 3.05) is 14.1 Å². The molecule has 1 nitrogen and oxygen atoms in total. The second-order valence-corrected chi connectivity index (χ2v) is 5.47. The van der Waals surface area contributed by atoms with Gasteiger partial charge in [-0.3, -0.25) is 0 Å². The number of hydrogen-bond donors (Lipinski definition) is 0. The molecule has 0 heterocycles. The summed E-state index contributed by atoms with van der Waals surface area (Å²) in [7, 11) is 4.37. The van der Waals surface area contributed by atoms with E-state index < -0.39 is 0 Å². The highest BCUT2D eigenvalue weighted by atomic mass is 35.5. The summed E-state index contributed by atoms with van der Waals surface area (Å²) in [6.07, 6.45) is 5.25. The third-order valence-corrected chi connectivity index (χ3v) is 3.93. The Morgan fingerprint density at radius 1 is 0.955 bits per heavy atom. The van der Waals surface area contributed by atoms with Crippen molar-refractivity contribution in [2.24, 2.45) is 0 Å². The summed E-state index contributed by atoms with van der Waals surface area (Å²) < 4.78 is 0. The number of rotatable bonds is 2. The molecule has 1 aromatic carbocycles. The number of nitrogens with zero attached hydrogens (tertiary/aromatic N) is 1. The molecule has 0 aliphatic heterocycles. The van der Waals surface area contributed by atoms with Crippen molar-refractivity contribution in [3.8, 4) is 0 Å². The van der Waals surface area contributed by atoms with Crippen LogP contribution < -0.4 is 0 Å². The molecule has 0 bridgehead atoms. The zero-order chi connectivity index (χ0) is 17.5. The average Bonchev–Trinajstić information content (AvgIpc) is 2.60. The lowest BCUT2D eigenvalue weighted by Crippen LogP contribution is -2.32. The predicted molar refractivity (Wildman–Crippen MR) is 104 cm³/mol. The fraction of sp³-hybridized carbons (Fsp3) is 0.700. The monoisotopic (exact) mass is 327 g/mol. The highest BCUT2D eigenvalue weighted by Crippen LogP contribution is 2.35. The molecule has 2 atom stereocenters. The third kappa shape index (κ3) is 8.80. The maximum Gasteiger partial charge on any atom is 0.0408 e. The zero-order valence-corrected chi connectivity index (χ0v) is 16.9. The van der Waals surface area contributed by atoms with E-state index in [0.29, 0.717) is 5.92 Å². The lowest BCUT2D eigenvalue weighted by Gasteiger charge is -2.33. The second-order valence-electron chi connectivity index (χ2n) is 5.04. The number of hydrogen-bond acceptors (Lipinski definition) is 1. The fourth-order valence-corrected chi connectivity index (χ4v) is 2.90. The number of benzene rings is 1. The van der Waals surface area contributed by atoms with Gasteiger partial charge in [-0.2, -0.15) is 0 Å². The quantitative estimate of drug-likeness (QED) is 0.564. The van der Waals surface area contributed by atoms with Crippen LogP contribution >= 0.6 is 11.6 Å². The first kappa shape index (κ1) is 23.7. The molecule has 0 radical (unpaired) electrons. The van der Waals surface area contributed by atoms with Crippen LogP contribution in [0.2, 0.25) is 5.02 Å². The van der Waals surface area contributed by atoms with Crippen molar-refractivity contribution in [2.45, 2.75) is 79.2 Å². The minimum Gasteiger partial charge on any atom is -0.306 e. The molecule has 1 saturated carbocycles. The molecule has 2 unspecified atom stereocenters. The molecule has 130 valence electrons. The summed E-state index contributed by atoms with van der Waals surface area (Å²) in [6, 6.07) is 9.10. The lowest BCUT2D eigenvalue weighted by atomic mass is 9.81. The molecule has 0 amide bonds. The van der Waals surface area contributed by atoms with Crippen LogP contribution in [0.1, 0.15) is 78.7 Å². The first-order valence-electron chi connectivity index (χ1n) is 9.08. The Morgan fingerprint density at radius 3 is 2.05 bits per heavy atom. The molecule has 0 aromatic heterocycles. The van der Waals surface area contributed by atoms with Gasteiger partial charge in [-0.15, -0.1) is 0 Å². The highest BCUT2D eigenvalue weighted by Gasteiger charge is 2.24. The van der Waals surface area contributed by atoms with Gasteiger partial charge >= 0.3 is 0 Å². The normalized spacial score (nSPS) is 19.7. The molecule has 22 heavy (non-hydrogen) atoms. The van der Waals surface area contributed by atoms with Gasteiger partial charge in [-0.25, -0.2) is 0 Å². The van der Waals surface area contributed by atoms with E-state index >= 15 is 0 Å². The van der Waals surface area contributed by atoms with Crippen molar-refractivity contribution in [1.29, 1.82) is 0 Å². The summed E-state index contributed by atoms with van der Waals surface area (Å²) in [5.41, 5.74) is 1.42. The van der Waals surface area contributed by atoms with Crippen LogP contribution in [0.4, 0.5) is 0 Å². The Morgan fingerprint density at radius 2 is 1.55 bits per heavy atom. The van der Waals surface area contributed by atoms with Crippen LogP contribution in [-0.4, -0.2) is 25.0 Å². The van der Waals surface area contributed by atoms with E-state index in [2.05, 4.69) is 37.2 Å². The maximum absolute atomic E-state index is 6.05. The van der Waals surface area contributed by atoms with Crippen molar-refractivity contribution in [1.82, 2.24) is 4.90 Å². The van der Waals surface area contributed by atoms with Crippen molar-refractivity contribution >= 4 is 11.6 Å². The molecular weight excluding hydrogens is 290 g/mol. The Kier molecular flexibility index (Phi) is 16.6. The van der Waals surface area contributed by atoms with Gasteiger partial charge in [-0.05, 0) is 57.0 Å². The van der Waals surface area contributed by atoms with E-state index in [9.17, 15) is 0 Å². The van der Waals surface area contributed by atoms with E-state index in [1.165, 1.54) is 31.2 Å². The van der Waals surface area contributed by atoms with Crippen LogP contribution in [0.25, 0.3) is 0 Å². The molecule has 1 aliphatic carbocycles. The van der Waals surface area contributed by atoms with Crippen molar-refractivity contribution in [3.63, 3.8) is 0 Å². The third-order valence-electron chi connectivity index (χ3n) is 3.70. The van der Waals surface area contributed by atoms with E-state index in [1.807, 2.05) is 47.6 Å². The van der Waals surface area contributed by atoms with E-state index in [0.717, 1.165) is 11.1 Å². The van der Waals surface area contributed by atoms with Gasteiger partial charge < -0.3 is 4.90 Å². The molecule has 0 spiro atoms. The number of halogens is 1. The van der Waals surface area contributed by atoms with Crippen LogP contribution in [0.5, 0.6) is 0 Å². The fourth-order valence-electron chi connectivity index (χ4n) is 2.70. The van der Waals surface area contributed by atoms with E-state index in [1.54, 1.807) is 0 Å². The first-order chi connectivity index (χ1) is 10.7. The summed E-state index contributed by atoms with van der Waals surface area (Å²) in [4.78, 5) is 2.36. The van der Waals surface area contributed by atoms with Gasteiger partial charge in [0.2, 0.25) is 0 Å². The molecule has 0 N–H and O–H groups in total. The van der Waals surface area contributed by atoms with Crippen molar-refractivity contribution < 1.29 is 0 Å². The van der Waals surface area contributed by atoms with Gasteiger partial charge in [0.05, 0.1) is 0 Å². The second kappa shape index (κ2) is 15.4. The van der Waals surface area contributed by atoms with Gasteiger partial charge in [-0.1, -0.05) is 71.7 Å². The summed E-state index contributed by atoms with van der Waals surface area (Å²) in [5.74, 6) is 0.694. The Balaban J connectivity index is 0. The Hall–Kier alpha value is -0.530. The van der Waals surface area contributed by atoms with Gasteiger partial charge in [0, 0.05) is 11.1 Å². The van der Waals surface area contributed by atoms with Crippen LogP contribution in [0, 0.1) is 0 Å². The topological polar surface area (TPSA) is 3.24 Å². The molecule has 0 saturated heterocycles. The van der Waals surface area contributed by atoms with Gasteiger partial charge in [0.15, 0.2) is 0 Å². The van der Waals surface area contributed by atoms with Crippen LogP contribution in [0.15, 0.2) is 24.3 Å². The van der Waals surface area contributed by atoms with Crippen LogP contribution in [0.3, 0.4) is 0 Å². The molecule has 2 heteroatoms. The summed E-state index contributed by atoms with van der Waals surface area (Å²) in [5, 5.41) is 0.865. The molecule has 1 aliphatic rings. The molecule has 1 fully saturated rings. The standard InChI is InChI=1S/C14H20ClN.3C2H6/c1-16(2)14-8-4-6-12(10-14)11-5-3-7-13(15)9-11;3*1-2/h3,5,7,9,12,14H,4,6,8,10H2,1-2H3;3*1-2H3. The molecule has 2 rings (SSSR count). The minimum atomic E-state index is 0.694. The van der Waals surface area contributed by atoms with Gasteiger partial charge in [0.25, 0.3) is 0 Å². The van der Waals surface area contributed by atoms with Gasteiger partial charge in [0.1, 0.15) is 0 Å². The first-order valence-corrected chi connectivity index (χ1v) is 9.46. The highest BCUT2D eigenvalue weighted by molar-refractivity contribution is 6.30. The Bertz CT molecular complexity index is 349. The maximum atomic E-state index is 6.05. The molecular formula is C20H38ClN.